The number of alkyl halides is 3. The van der Waals surface area contributed by atoms with E-state index in [1.807, 2.05) is 13.8 Å². The first-order chi connectivity index (χ1) is 9.71. The summed E-state index contributed by atoms with van der Waals surface area (Å²) < 4.78 is 51.1. The van der Waals surface area contributed by atoms with Gasteiger partial charge in [0, 0.05) is 11.6 Å². The average molecular weight is 303 g/mol. The smallest absolute Gasteiger partial charge is 0.349 e. The number of benzene rings is 1. The van der Waals surface area contributed by atoms with Crippen molar-refractivity contribution in [3.05, 3.63) is 35.1 Å². The zero-order valence-electron chi connectivity index (χ0n) is 11.9. The largest absolute Gasteiger partial charge is 0.416 e. The van der Waals surface area contributed by atoms with E-state index >= 15 is 0 Å². The standard InChI is InChI=1S/C15H17F4NO/c1-3-14(4-2)8-12(14)20-13(21)9-5-10(15(17,18)19)7-11(16)6-9/h5-7,12H,3-4,8H2,1-2H3,(H,20,21)/t12-/m0/s1. The summed E-state index contributed by atoms with van der Waals surface area (Å²) in [5.74, 6) is -1.73. The van der Waals surface area contributed by atoms with Gasteiger partial charge < -0.3 is 5.32 Å². The van der Waals surface area contributed by atoms with Gasteiger partial charge in [0.15, 0.2) is 0 Å². The lowest BCUT2D eigenvalue weighted by atomic mass is 9.99. The molecule has 0 radical (unpaired) electrons. The Bertz CT molecular complexity index is 549. The van der Waals surface area contributed by atoms with Crippen LogP contribution in [0.5, 0.6) is 0 Å². The van der Waals surface area contributed by atoms with E-state index < -0.39 is 23.5 Å². The van der Waals surface area contributed by atoms with Gasteiger partial charge in [-0.15, -0.1) is 0 Å². The number of nitrogens with one attached hydrogen (secondary N) is 1. The number of carbonyl (C=O) groups is 1. The van der Waals surface area contributed by atoms with Crippen molar-refractivity contribution in [2.75, 3.05) is 0 Å². The zero-order valence-corrected chi connectivity index (χ0v) is 11.9. The summed E-state index contributed by atoms with van der Waals surface area (Å²) in [5.41, 5.74) is -1.41. The van der Waals surface area contributed by atoms with Gasteiger partial charge >= 0.3 is 6.18 Å². The van der Waals surface area contributed by atoms with Gasteiger partial charge in [-0.05, 0) is 42.9 Å². The quantitative estimate of drug-likeness (QED) is 0.832. The van der Waals surface area contributed by atoms with E-state index in [1.54, 1.807) is 0 Å². The molecule has 1 N–H and O–H groups in total. The molecular formula is C15H17F4NO. The van der Waals surface area contributed by atoms with Crippen molar-refractivity contribution in [1.82, 2.24) is 5.32 Å². The normalized spacial score (nSPS) is 20.2. The van der Waals surface area contributed by atoms with E-state index in [0.717, 1.165) is 25.3 Å². The fourth-order valence-corrected chi connectivity index (χ4v) is 2.71. The minimum absolute atomic E-state index is 0.0375. The highest BCUT2D eigenvalue weighted by atomic mass is 19.4. The lowest BCUT2D eigenvalue weighted by molar-refractivity contribution is -0.137. The number of hydrogen-bond donors (Lipinski definition) is 1. The molecule has 0 aliphatic heterocycles. The van der Waals surface area contributed by atoms with Crippen molar-refractivity contribution < 1.29 is 22.4 Å². The lowest BCUT2D eigenvalue weighted by Crippen LogP contribution is -2.29. The van der Waals surface area contributed by atoms with Crippen molar-refractivity contribution in [3.63, 3.8) is 0 Å². The minimum Gasteiger partial charge on any atom is -0.349 e. The van der Waals surface area contributed by atoms with Gasteiger partial charge in [-0.1, -0.05) is 13.8 Å². The van der Waals surface area contributed by atoms with Gasteiger partial charge in [-0.2, -0.15) is 13.2 Å². The molecule has 6 heteroatoms. The van der Waals surface area contributed by atoms with Gasteiger partial charge in [0.05, 0.1) is 5.56 Å². The zero-order chi connectivity index (χ0) is 15.8. The highest BCUT2D eigenvalue weighted by molar-refractivity contribution is 5.94. The van der Waals surface area contributed by atoms with E-state index in [9.17, 15) is 22.4 Å². The summed E-state index contributed by atoms with van der Waals surface area (Å²) in [4.78, 5) is 12.0. The van der Waals surface area contributed by atoms with Gasteiger partial charge in [-0.25, -0.2) is 4.39 Å². The Kier molecular flexibility index (Phi) is 4.00. The average Bonchev–Trinajstić information content (AvgIpc) is 3.10. The Morgan fingerprint density at radius 3 is 2.38 bits per heavy atom. The maximum atomic E-state index is 13.3. The Morgan fingerprint density at radius 2 is 1.90 bits per heavy atom. The van der Waals surface area contributed by atoms with E-state index in [1.165, 1.54) is 0 Å². The molecular weight excluding hydrogens is 286 g/mol. The Balaban J connectivity index is 2.16. The second-order valence-corrected chi connectivity index (χ2v) is 5.53. The van der Waals surface area contributed by atoms with Crippen LogP contribution < -0.4 is 5.32 Å². The topological polar surface area (TPSA) is 29.1 Å². The molecule has 1 aromatic rings. The van der Waals surface area contributed by atoms with Crippen LogP contribution in [0.15, 0.2) is 18.2 Å². The first-order valence-corrected chi connectivity index (χ1v) is 6.90. The molecule has 2 nitrogen and oxygen atoms in total. The Labute approximate surface area is 120 Å². The van der Waals surface area contributed by atoms with Crippen molar-refractivity contribution in [2.45, 2.75) is 45.3 Å². The Hall–Kier alpha value is -1.59. The van der Waals surface area contributed by atoms with Crippen molar-refractivity contribution in [2.24, 2.45) is 5.41 Å². The second-order valence-electron chi connectivity index (χ2n) is 5.53. The molecule has 0 spiro atoms. The third kappa shape index (κ3) is 3.19. The van der Waals surface area contributed by atoms with Crippen LogP contribution in [-0.4, -0.2) is 11.9 Å². The molecule has 2 rings (SSSR count). The highest BCUT2D eigenvalue weighted by Crippen LogP contribution is 2.51. The molecule has 0 heterocycles. The van der Waals surface area contributed by atoms with Gasteiger partial charge in [0.25, 0.3) is 5.91 Å². The maximum Gasteiger partial charge on any atom is 0.416 e. The van der Waals surface area contributed by atoms with E-state index in [-0.39, 0.29) is 17.0 Å². The maximum absolute atomic E-state index is 13.3. The summed E-state index contributed by atoms with van der Waals surface area (Å²) in [7, 11) is 0. The van der Waals surface area contributed by atoms with Crippen molar-refractivity contribution in [1.29, 1.82) is 0 Å². The first-order valence-electron chi connectivity index (χ1n) is 6.90. The second kappa shape index (κ2) is 5.31. The van der Waals surface area contributed by atoms with Crippen LogP contribution in [0.3, 0.4) is 0 Å². The molecule has 0 unspecified atom stereocenters. The first kappa shape index (κ1) is 15.8. The predicted octanol–water partition coefficient (Wildman–Crippen LogP) is 4.15. The van der Waals surface area contributed by atoms with Crippen molar-refractivity contribution in [3.8, 4) is 0 Å². The number of carbonyl (C=O) groups excluding carboxylic acids is 1. The van der Waals surface area contributed by atoms with Crippen LogP contribution in [-0.2, 0) is 6.18 Å². The SMILES string of the molecule is CCC1(CC)C[C@@H]1NC(=O)c1cc(F)cc(C(F)(F)F)c1. The third-order valence-electron chi connectivity index (χ3n) is 4.39. The van der Waals surface area contributed by atoms with Crippen LogP contribution in [0, 0.1) is 11.2 Å². The molecule has 1 fully saturated rings. The minimum atomic E-state index is -4.67. The van der Waals surface area contributed by atoms with E-state index in [4.69, 9.17) is 0 Å². The third-order valence-corrected chi connectivity index (χ3v) is 4.39. The van der Waals surface area contributed by atoms with Crippen LogP contribution in [0.2, 0.25) is 0 Å². The number of rotatable bonds is 4. The molecule has 1 aromatic carbocycles. The molecule has 1 aliphatic rings. The molecule has 21 heavy (non-hydrogen) atoms. The molecule has 1 aliphatic carbocycles. The fourth-order valence-electron chi connectivity index (χ4n) is 2.71. The molecule has 0 saturated heterocycles. The van der Waals surface area contributed by atoms with E-state index in [0.29, 0.717) is 12.1 Å². The summed E-state index contributed by atoms with van der Waals surface area (Å²) in [6.07, 6.45) is -2.07. The van der Waals surface area contributed by atoms with Gasteiger partial charge in [0.1, 0.15) is 5.82 Å². The van der Waals surface area contributed by atoms with Crippen LogP contribution in [0.1, 0.15) is 49.0 Å². The molecule has 1 atom stereocenters. The number of hydrogen-bond acceptors (Lipinski definition) is 1. The monoisotopic (exact) mass is 303 g/mol. The molecule has 0 bridgehead atoms. The predicted molar refractivity (Wildman–Crippen MR) is 70.3 cm³/mol. The fraction of sp³-hybridized carbons (Fsp3) is 0.533. The Morgan fingerprint density at radius 1 is 1.29 bits per heavy atom. The summed E-state index contributed by atoms with van der Waals surface area (Å²) in [6, 6.07) is 1.85. The summed E-state index contributed by atoms with van der Waals surface area (Å²) >= 11 is 0. The summed E-state index contributed by atoms with van der Waals surface area (Å²) in [5, 5.41) is 2.70. The number of amides is 1. The van der Waals surface area contributed by atoms with Crippen LogP contribution in [0.25, 0.3) is 0 Å². The van der Waals surface area contributed by atoms with Gasteiger partial charge in [0.2, 0.25) is 0 Å². The van der Waals surface area contributed by atoms with Crippen LogP contribution >= 0.6 is 0 Å². The number of halogens is 4. The highest BCUT2D eigenvalue weighted by Gasteiger charge is 2.51. The van der Waals surface area contributed by atoms with Crippen molar-refractivity contribution >= 4 is 5.91 Å². The molecule has 1 amide bonds. The molecule has 1 saturated carbocycles. The summed E-state index contributed by atoms with van der Waals surface area (Å²) in [6.45, 7) is 4.03. The lowest BCUT2D eigenvalue weighted by Gasteiger charge is -2.14. The van der Waals surface area contributed by atoms with Gasteiger partial charge in [-0.3, -0.25) is 4.79 Å². The molecule has 0 aromatic heterocycles. The van der Waals surface area contributed by atoms with Crippen LogP contribution in [0.4, 0.5) is 17.6 Å². The van der Waals surface area contributed by atoms with E-state index in [2.05, 4.69) is 5.32 Å². The molecule has 116 valence electrons.